The Labute approximate surface area is 176 Å². The van der Waals surface area contributed by atoms with E-state index in [1.807, 2.05) is 0 Å². The number of aromatic nitrogens is 1. The lowest BCUT2D eigenvalue weighted by molar-refractivity contribution is -0.263. The second-order valence-electron chi connectivity index (χ2n) is 7.29. The fourth-order valence-corrected chi connectivity index (χ4v) is 4.36. The van der Waals surface area contributed by atoms with E-state index in [2.05, 4.69) is 9.71 Å². The Hall–Kier alpha value is -1.79. The fourth-order valence-electron chi connectivity index (χ4n) is 2.88. The summed E-state index contributed by atoms with van der Waals surface area (Å²) in [6.45, 7) is 1.51. The van der Waals surface area contributed by atoms with Gasteiger partial charge in [-0.3, -0.25) is 0 Å². The van der Waals surface area contributed by atoms with Crippen molar-refractivity contribution in [3.8, 4) is 11.3 Å². The Morgan fingerprint density at radius 2 is 1.73 bits per heavy atom. The van der Waals surface area contributed by atoms with Gasteiger partial charge in [0.25, 0.3) is 0 Å². The first kappa shape index (κ1) is 24.5. The Balaban J connectivity index is 2.89. The number of nitrogens with one attached hydrogen (secondary N) is 1. The average molecular weight is 470 g/mol. The van der Waals surface area contributed by atoms with E-state index in [9.17, 15) is 31.1 Å². The lowest BCUT2D eigenvalue weighted by Gasteiger charge is -2.32. The Morgan fingerprint density at radius 3 is 2.17 bits per heavy atom. The van der Waals surface area contributed by atoms with Crippen LogP contribution in [0.2, 0.25) is 5.02 Å². The maximum atomic E-state index is 13.6. The molecule has 0 radical (unpaired) electrons. The molecule has 0 bridgehead atoms. The highest BCUT2D eigenvalue weighted by Crippen LogP contribution is 2.42. The van der Waals surface area contributed by atoms with E-state index in [1.165, 1.54) is 26.0 Å². The molecule has 0 saturated heterocycles. The molecule has 2 aromatic rings. The largest absolute Gasteiger partial charge is 0.424 e. The number of hydrogen-bond acceptors (Lipinski definition) is 5. The molecular formula is C18H20ClF4N3O3S. The van der Waals surface area contributed by atoms with Gasteiger partial charge in [0.1, 0.15) is 5.82 Å². The van der Waals surface area contributed by atoms with Crippen LogP contribution >= 0.6 is 11.6 Å². The molecule has 1 aromatic heterocycles. The zero-order valence-electron chi connectivity index (χ0n) is 16.2. The van der Waals surface area contributed by atoms with E-state index >= 15 is 0 Å². The van der Waals surface area contributed by atoms with Crippen LogP contribution < -0.4 is 10.5 Å². The van der Waals surface area contributed by atoms with Crippen LogP contribution in [0.4, 0.5) is 17.6 Å². The van der Waals surface area contributed by atoms with Crippen LogP contribution in [0.15, 0.2) is 30.3 Å². The predicted octanol–water partition coefficient (Wildman–Crippen LogP) is 3.03. The molecule has 166 valence electrons. The summed E-state index contributed by atoms with van der Waals surface area (Å²) >= 11 is 6.39. The lowest BCUT2D eigenvalue weighted by atomic mass is 9.89. The number of nitrogens with zero attached hydrogens (tertiary/aromatic N) is 1. The fraction of sp³-hybridized carbons (Fsp3) is 0.389. The molecule has 6 nitrogen and oxygen atoms in total. The van der Waals surface area contributed by atoms with Gasteiger partial charge in [0.05, 0.1) is 28.2 Å². The van der Waals surface area contributed by atoms with E-state index in [0.717, 1.165) is 24.5 Å². The molecule has 30 heavy (non-hydrogen) atoms. The summed E-state index contributed by atoms with van der Waals surface area (Å²) in [5, 5.41) is 10.1. The van der Waals surface area contributed by atoms with Crippen molar-refractivity contribution in [2.24, 2.45) is 5.73 Å². The molecule has 0 aliphatic heterocycles. The number of benzene rings is 1. The van der Waals surface area contributed by atoms with Gasteiger partial charge in [0, 0.05) is 12.1 Å². The van der Waals surface area contributed by atoms with Gasteiger partial charge >= 0.3 is 6.18 Å². The van der Waals surface area contributed by atoms with Gasteiger partial charge in [0.15, 0.2) is 0 Å². The molecule has 2 rings (SSSR count). The topological polar surface area (TPSA) is 105 Å². The smallest absolute Gasteiger partial charge is 0.374 e. The maximum Gasteiger partial charge on any atom is 0.424 e. The molecule has 0 saturated carbocycles. The molecule has 0 aliphatic rings. The Morgan fingerprint density at radius 1 is 1.20 bits per heavy atom. The van der Waals surface area contributed by atoms with Crippen molar-refractivity contribution in [3.05, 3.63) is 52.4 Å². The maximum absolute atomic E-state index is 13.6. The minimum atomic E-state index is -5.19. The Bertz CT molecular complexity index is 1040. The second kappa shape index (κ2) is 8.04. The SMILES string of the molecule is CC(C)(NS(C)(=O)=O)c1cc(C(O)(CN)C(F)(F)F)nc(-c2ccc(F)cc2)c1Cl. The van der Waals surface area contributed by atoms with Crippen molar-refractivity contribution in [2.75, 3.05) is 12.8 Å². The standard InChI is InChI=1S/C18H20ClF4N3O3S/c1-16(2,26-30(3,28)29)12-8-13(17(27,9-24)18(21,22)23)25-15(14(12)19)10-4-6-11(20)7-5-10/h4-8,26-27H,9,24H2,1-3H3. The summed E-state index contributed by atoms with van der Waals surface area (Å²) in [6.07, 6.45) is -4.31. The van der Waals surface area contributed by atoms with Crippen molar-refractivity contribution < 1.29 is 31.1 Å². The zero-order valence-corrected chi connectivity index (χ0v) is 17.8. The van der Waals surface area contributed by atoms with Gasteiger partial charge in [-0.25, -0.2) is 22.5 Å². The summed E-state index contributed by atoms with van der Waals surface area (Å²) in [6, 6.07) is 5.44. The molecular weight excluding hydrogens is 450 g/mol. The first-order chi connectivity index (χ1) is 13.5. The normalized spacial score (nSPS) is 15.1. The second-order valence-corrected chi connectivity index (χ2v) is 9.41. The molecule has 0 spiro atoms. The summed E-state index contributed by atoms with van der Waals surface area (Å²) in [5.74, 6) is -0.598. The van der Waals surface area contributed by atoms with Gasteiger partial charge in [-0.05, 0) is 49.7 Å². The predicted molar refractivity (Wildman–Crippen MR) is 105 cm³/mol. The lowest BCUT2D eigenvalue weighted by Crippen LogP contribution is -2.49. The molecule has 0 aliphatic carbocycles. The third-order valence-corrected chi connectivity index (χ3v) is 5.64. The van der Waals surface area contributed by atoms with Gasteiger partial charge in [-0.15, -0.1) is 0 Å². The number of sulfonamides is 1. The summed E-state index contributed by atoms with van der Waals surface area (Å²) in [7, 11) is -3.80. The van der Waals surface area contributed by atoms with Crippen molar-refractivity contribution in [1.82, 2.24) is 9.71 Å². The van der Waals surface area contributed by atoms with E-state index in [-0.39, 0.29) is 21.8 Å². The van der Waals surface area contributed by atoms with Crippen LogP contribution in [-0.4, -0.2) is 37.5 Å². The van der Waals surface area contributed by atoms with E-state index in [0.29, 0.717) is 0 Å². The highest BCUT2D eigenvalue weighted by molar-refractivity contribution is 7.88. The number of pyridine rings is 1. The average Bonchev–Trinajstić information content (AvgIpc) is 2.59. The number of rotatable bonds is 6. The van der Waals surface area contributed by atoms with Gasteiger partial charge < -0.3 is 10.8 Å². The van der Waals surface area contributed by atoms with Crippen LogP contribution in [0.3, 0.4) is 0 Å². The van der Waals surface area contributed by atoms with E-state index in [1.54, 1.807) is 0 Å². The summed E-state index contributed by atoms with van der Waals surface area (Å²) < 4.78 is 79.9. The van der Waals surface area contributed by atoms with Crippen molar-refractivity contribution in [3.63, 3.8) is 0 Å². The van der Waals surface area contributed by atoms with Gasteiger partial charge in [0.2, 0.25) is 15.6 Å². The number of halogens is 5. The first-order valence-corrected chi connectivity index (χ1v) is 10.7. The third-order valence-electron chi connectivity index (χ3n) is 4.38. The van der Waals surface area contributed by atoms with E-state index in [4.69, 9.17) is 17.3 Å². The van der Waals surface area contributed by atoms with Crippen molar-refractivity contribution >= 4 is 21.6 Å². The molecule has 1 atom stereocenters. The molecule has 12 heteroatoms. The number of nitrogens with two attached hydrogens (primary N) is 1. The molecule has 0 fully saturated rings. The third kappa shape index (κ3) is 4.92. The minimum Gasteiger partial charge on any atom is -0.374 e. The van der Waals surface area contributed by atoms with Crippen LogP contribution in [0.1, 0.15) is 25.1 Å². The molecule has 1 unspecified atom stereocenters. The van der Waals surface area contributed by atoms with Crippen molar-refractivity contribution in [2.45, 2.75) is 31.2 Å². The monoisotopic (exact) mass is 469 g/mol. The Kier molecular flexibility index (Phi) is 6.56. The van der Waals surface area contributed by atoms with Gasteiger partial charge in [-0.1, -0.05) is 11.6 Å². The summed E-state index contributed by atoms with van der Waals surface area (Å²) in [4.78, 5) is 3.87. The van der Waals surface area contributed by atoms with E-state index < -0.39 is 45.4 Å². The van der Waals surface area contributed by atoms with Crippen LogP contribution in [0.25, 0.3) is 11.3 Å². The summed E-state index contributed by atoms with van der Waals surface area (Å²) in [5.41, 5.74) is -0.799. The molecule has 1 aromatic carbocycles. The zero-order chi connectivity index (χ0) is 23.1. The number of aliphatic hydroxyl groups is 1. The molecule has 4 N–H and O–H groups in total. The van der Waals surface area contributed by atoms with Crippen LogP contribution in [0.5, 0.6) is 0 Å². The first-order valence-electron chi connectivity index (χ1n) is 8.47. The quantitative estimate of drug-likeness (QED) is 0.564. The van der Waals surface area contributed by atoms with Crippen LogP contribution in [-0.2, 0) is 21.2 Å². The minimum absolute atomic E-state index is 0.0879. The van der Waals surface area contributed by atoms with Crippen molar-refractivity contribution in [1.29, 1.82) is 0 Å². The van der Waals surface area contributed by atoms with Crippen LogP contribution in [0, 0.1) is 5.82 Å². The molecule has 1 heterocycles. The highest BCUT2D eigenvalue weighted by atomic mass is 35.5. The highest BCUT2D eigenvalue weighted by Gasteiger charge is 2.55. The number of alkyl halides is 3. The number of hydrogen-bond donors (Lipinski definition) is 3. The van der Waals surface area contributed by atoms with Gasteiger partial charge in [-0.2, -0.15) is 13.2 Å². The molecule has 0 amide bonds.